The number of carbonyl (C=O) groups is 1. The SMILES string of the molecule is CCCCCOCC(NCC)(C(=O)OC)C1CC1. The number of esters is 1. The lowest BCUT2D eigenvalue weighted by Crippen LogP contribution is -2.58. The molecule has 4 nitrogen and oxygen atoms in total. The van der Waals surface area contributed by atoms with Gasteiger partial charge >= 0.3 is 5.97 Å². The first-order valence-corrected chi connectivity index (χ1v) is 7.12. The Labute approximate surface area is 110 Å². The molecule has 0 aromatic carbocycles. The molecule has 4 heteroatoms. The number of rotatable bonds is 10. The molecule has 0 spiro atoms. The topological polar surface area (TPSA) is 47.6 Å². The molecular formula is C14H27NO3. The second-order valence-electron chi connectivity index (χ2n) is 5.03. The molecule has 0 bridgehead atoms. The summed E-state index contributed by atoms with van der Waals surface area (Å²) in [6, 6.07) is 0. The molecule has 0 aromatic rings. The summed E-state index contributed by atoms with van der Waals surface area (Å²) < 4.78 is 10.7. The molecule has 0 radical (unpaired) electrons. The van der Waals surface area contributed by atoms with E-state index < -0.39 is 5.54 Å². The van der Waals surface area contributed by atoms with Gasteiger partial charge in [0.05, 0.1) is 13.7 Å². The Kier molecular flexibility index (Phi) is 6.65. The number of carbonyl (C=O) groups excluding carboxylic acids is 1. The number of hydrogen-bond acceptors (Lipinski definition) is 4. The van der Waals surface area contributed by atoms with Crippen molar-refractivity contribution in [2.45, 2.75) is 51.5 Å². The zero-order chi connectivity index (χ0) is 13.4. The Morgan fingerprint density at radius 3 is 2.56 bits per heavy atom. The molecule has 1 fully saturated rings. The summed E-state index contributed by atoms with van der Waals surface area (Å²) in [4.78, 5) is 12.1. The van der Waals surface area contributed by atoms with Gasteiger partial charge < -0.3 is 9.47 Å². The highest BCUT2D eigenvalue weighted by molar-refractivity contribution is 5.82. The maximum atomic E-state index is 12.1. The van der Waals surface area contributed by atoms with E-state index in [2.05, 4.69) is 12.2 Å². The lowest BCUT2D eigenvalue weighted by atomic mass is 9.94. The Morgan fingerprint density at radius 2 is 2.06 bits per heavy atom. The first-order valence-electron chi connectivity index (χ1n) is 7.12. The molecule has 1 rings (SSSR count). The van der Waals surface area contributed by atoms with Gasteiger partial charge in [-0.15, -0.1) is 0 Å². The van der Waals surface area contributed by atoms with Crippen molar-refractivity contribution in [3.05, 3.63) is 0 Å². The van der Waals surface area contributed by atoms with Crippen molar-refractivity contribution in [3.8, 4) is 0 Å². The number of methoxy groups -OCH3 is 1. The monoisotopic (exact) mass is 257 g/mol. The van der Waals surface area contributed by atoms with Gasteiger partial charge in [0, 0.05) is 6.61 Å². The van der Waals surface area contributed by atoms with Gasteiger partial charge in [0.2, 0.25) is 0 Å². The van der Waals surface area contributed by atoms with E-state index in [0.717, 1.165) is 32.4 Å². The highest BCUT2D eigenvalue weighted by Crippen LogP contribution is 2.40. The van der Waals surface area contributed by atoms with Crippen LogP contribution in [0.25, 0.3) is 0 Å². The number of hydrogen-bond donors (Lipinski definition) is 1. The third-order valence-corrected chi connectivity index (χ3v) is 3.54. The van der Waals surface area contributed by atoms with Crippen molar-refractivity contribution in [2.24, 2.45) is 5.92 Å². The maximum Gasteiger partial charge on any atom is 0.328 e. The Balaban J connectivity index is 2.50. The van der Waals surface area contributed by atoms with Crippen LogP contribution in [0.5, 0.6) is 0 Å². The summed E-state index contributed by atoms with van der Waals surface area (Å²) in [5.41, 5.74) is -0.615. The summed E-state index contributed by atoms with van der Waals surface area (Å²) >= 11 is 0. The van der Waals surface area contributed by atoms with Crippen molar-refractivity contribution in [1.82, 2.24) is 5.32 Å². The van der Waals surface area contributed by atoms with Crippen LogP contribution in [-0.4, -0.2) is 38.4 Å². The van der Waals surface area contributed by atoms with Crippen LogP contribution in [0.2, 0.25) is 0 Å². The molecule has 0 amide bonds. The average Bonchev–Trinajstić information content (AvgIpc) is 3.21. The second-order valence-corrected chi connectivity index (χ2v) is 5.03. The van der Waals surface area contributed by atoms with E-state index in [-0.39, 0.29) is 5.97 Å². The molecule has 0 aromatic heterocycles. The molecule has 1 aliphatic carbocycles. The van der Waals surface area contributed by atoms with Gasteiger partial charge in [-0.3, -0.25) is 5.32 Å². The molecule has 0 saturated heterocycles. The highest BCUT2D eigenvalue weighted by atomic mass is 16.5. The van der Waals surface area contributed by atoms with E-state index in [1.165, 1.54) is 20.0 Å². The molecule has 1 unspecified atom stereocenters. The Hall–Kier alpha value is -0.610. The van der Waals surface area contributed by atoms with Crippen LogP contribution in [0.1, 0.15) is 46.0 Å². The van der Waals surface area contributed by atoms with Crippen molar-refractivity contribution < 1.29 is 14.3 Å². The highest BCUT2D eigenvalue weighted by Gasteiger charge is 2.51. The van der Waals surface area contributed by atoms with E-state index in [9.17, 15) is 4.79 Å². The van der Waals surface area contributed by atoms with Gasteiger partial charge in [-0.1, -0.05) is 26.7 Å². The van der Waals surface area contributed by atoms with Crippen molar-refractivity contribution >= 4 is 5.97 Å². The fraction of sp³-hybridized carbons (Fsp3) is 0.929. The van der Waals surface area contributed by atoms with Gasteiger partial charge in [0.15, 0.2) is 0 Å². The van der Waals surface area contributed by atoms with Gasteiger partial charge in [-0.25, -0.2) is 4.79 Å². The third kappa shape index (κ3) is 3.95. The number of unbranched alkanes of at least 4 members (excludes halogenated alkanes) is 2. The minimum Gasteiger partial charge on any atom is -0.468 e. The van der Waals surface area contributed by atoms with Crippen LogP contribution in [-0.2, 0) is 14.3 Å². The predicted molar refractivity (Wildman–Crippen MR) is 71.5 cm³/mol. The largest absolute Gasteiger partial charge is 0.468 e. The van der Waals surface area contributed by atoms with Crippen molar-refractivity contribution in [2.75, 3.05) is 26.9 Å². The van der Waals surface area contributed by atoms with Crippen LogP contribution in [0, 0.1) is 5.92 Å². The normalized spacial score (nSPS) is 18.4. The van der Waals surface area contributed by atoms with Crippen LogP contribution < -0.4 is 5.32 Å². The fourth-order valence-electron chi connectivity index (χ4n) is 2.37. The number of nitrogens with one attached hydrogen (secondary N) is 1. The lowest BCUT2D eigenvalue weighted by Gasteiger charge is -2.31. The standard InChI is InChI=1S/C14H27NO3/c1-4-6-7-10-18-11-14(15-5-2,12-8-9-12)13(16)17-3/h12,15H,4-11H2,1-3H3. The van der Waals surface area contributed by atoms with E-state index in [0.29, 0.717) is 12.5 Å². The molecule has 1 aliphatic rings. The first kappa shape index (κ1) is 15.4. The van der Waals surface area contributed by atoms with Gasteiger partial charge in [-0.05, 0) is 31.7 Å². The van der Waals surface area contributed by atoms with Gasteiger partial charge in [-0.2, -0.15) is 0 Å². The van der Waals surface area contributed by atoms with Crippen LogP contribution >= 0.6 is 0 Å². The smallest absolute Gasteiger partial charge is 0.328 e. The van der Waals surface area contributed by atoms with E-state index in [1.807, 2.05) is 6.92 Å². The summed E-state index contributed by atoms with van der Waals surface area (Å²) in [5, 5.41) is 3.30. The quantitative estimate of drug-likeness (QED) is 0.481. The molecule has 1 N–H and O–H groups in total. The van der Waals surface area contributed by atoms with Gasteiger partial charge in [0.1, 0.15) is 5.54 Å². The summed E-state index contributed by atoms with van der Waals surface area (Å²) in [6.07, 6.45) is 5.59. The molecule has 106 valence electrons. The summed E-state index contributed by atoms with van der Waals surface area (Å²) in [5.74, 6) is 0.193. The third-order valence-electron chi connectivity index (χ3n) is 3.54. The van der Waals surface area contributed by atoms with E-state index in [1.54, 1.807) is 0 Å². The molecule has 1 atom stereocenters. The minimum absolute atomic E-state index is 0.178. The second kappa shape index (κ2) is 7.74. The van der Waals surface area contributed by atoms with Crippen LogP contribution in [0.4, 0.5) is 0 Å². The summed E-state index contributed by atoms with van der Waals surface area (Å²) in [6.45, 7) is 6.09. The van der Waals surface area contributed by atoms with E-state index >= 15 is 0 Å². The van der Waals surface area contributed by atoms with E-state index in [4.69, 9.17) is 9.47 Å². The molecule has 18 heavy (non-hydrogen) atoms. The molecular weight excluding hydrogens is 230 g/mol. The number of ether oxygens (including phenoxy) is 2. The molecule has 0 heterocycles. The zero-order valence-electron chi connectivity index (χ0n) is 12.0. The maximum absolute atomic E-state index is 12.1. The minimum atomic E-state index is -0.615. The number of likely N-dealkylation sites (N-methyl/N-ethyl adjacent to an activating group) is 1. The molecule has 0 aliphatic heterocycles. The van der Waals surface area contributed by atoms with Crippen molar-refractivity contribution in [1.29, 1.82) is 0 Å². The van der Waals surface area contributed by atoms with Gasteiger partial charge in [0.25, 0.3) is 0 Å². The summed E-state index contributed by atoms with van der Waals surface area (Å²) in [7, 11) is 1.45. The van der Waals surface area contributed by atoms with Crippen LogP contribution in [0.3, 0.4) is 0 Å². The molecule has 1 saturated carbocycles. The first-order chi connectivity index (χ1) is 8.71. The predicted octanol–water partition coefficient (Wildman–Crippen LogP) is 2.12. The Bertz CT molecular complexity index is 253. The zero-order valence-corrected chi connectivity index (χ0v) is 12.0. The van der Waals surface area contributed by atoms with Crippen LogP contribution in [0.15, 0.2) is 0 Å². The average molecular weight is 257 g/mol. The van der Waals surface area contributed by atoms with Crippen molar-refractivity contribution in [3.63, 3.8) is 0 Å². The fourth-order valence-corrected chi connectivity index (χ4v) is 2.37. The lowest BCUT2D eigenvalue weighted by molar-refractivity contribution is -0.153. The Morgan fingerprint density at radius 1 is 1.33 bits per heavy atom.